The lowest BCUT2D eigenvalue weighted by atomic mass is 10.2. The molecule has 0 spiro atoms. The summed E-state index contributed by atoms with van der Waals surface area (Å²) in [4.78, 5) is 12.0. The van der Waals surface area contributed by atoms with Crippen molar-refractivity contribution >= 4 is 11.3 Å². The van der Waals surface area contributed by atoms with Gasteiger partial charge < -0.3 is 9.64 Å². The molecule has 6 heteroatoms. The molecule has 0 aliphatic rings. The van der Waals surface area contributed by atoms with Gasteiger partial charge in [-0.1, -0.05) is 49.4 Å². The number of aromatic nitrogens is 4. The molecule has 6 nitrogen and oxygen atoms in total. The Morgan fingerprint density at radius 1 is 0.968 bits per heavy atom. The van der Waals surface area contributed by atoms with E-state index in [0.717, 1.165) is 53.6 Å². The second-order valence-electron chi connectivity index (χ2n) is 7.65. The van der Waals surface area contributed by atoms with Crippen molar-refractivity contribution in [3.63, 3.8) is 0 Å². The van der Waals surface area contributed by atoms with E-state index in [-0.39, 0.29) is 0 Å². The molecule has 2 aromatic carbocycles. The van der Waals surface area contributed by atoms with Crippen LogP contribution in [0.2, 0.25) is 0 Å². The van der Waals surface area contributed by atoms with Crippen LogP contribution in [0.15, 0.2) is 54.6 Å². The van der Waals surface area contributed by atoms with E-state index in [0.29, 0.717) is 12.4 Å². The van der Waals surface area contributed by atoms with Gasteiger partial charge in [-0.2, -0.15) is 0 Å². The first-order valence-electron chi connectivity index (χ1n) is 10.9. The lowest BCUT2D eigenvalue weighted by Gasteiger charge is -2.21. The number of aryl methyl sites for hydroxylation is 2. The summed E-state index contributed by atoms with van der Waals surface area (Å²) in [7, 11) is 2.07. The maximum absolute atomic E-state index is 5.86. The van der Waals surface area contributed by atoms with Crippen molar-refractivity contribution in [2.45, 2.75) is 40.2 Å². The quantitative estimate of drug-likeness (QED) is 0.401. The summed E-state index contributed by atoms with van der Waals surface area (Å²) in [5.41, 5.74) is 4.01. The van der Waals surface area contributed by atoms with E-state index in [2.05, 4.69) is 43.1 Å². The zero-order chi connectivity index (χ0) is 21.8. The molecule has 0 unspecified atom stereocenters. The number of fused-ring (bicyclic) bond motifs is 1. The molecule has 0 aliphatic heterocycles. The molecular formula is C25H29N5O. The lowest BCUT2D eigenvalue weighted by molar-refractivity contribution is 0.341. The maximum Gasteiger partial charge on any atom is 0.185 e. The number of anilines is 1. The summed E-state index contributed by atoms with van der Waals surface area (Å²) in [6.45, 7) is 7.51. The zero-order valence-electron chi connectivity index (χ0n) is 18.7. The van der Waals surface area contributed by atoms with E-state index in [4.69, 9.17) is 19.8 Å². The average molecular weight is 416 g/mol. The van der Waals surface area contributed by atoms with Crippen molar-refractivity contribution in [2.24, 2.45) is 0 Å². The highest BCUT2D eigenvalue weighted by molar-refractivity contribution is 5.75. The largest absolute Gasteiger partial charge is 0.493 e. The Balaban J connectivity index is 1.89. The molecule has 0 atom stereocenters. The molecule has 160 valence electrons. The Hall–Kier alpha value is -3.41. The third-order valence-electron chi connectivity index (χ3n) is 5.24. The number of ether oxygens (including phenoxy) is 1. The molecule has 0 N–H and O–H groups in total. The van der Waals surface area contributed by atoms with Gasteiger partial charge in [-0.05, 0) is 38.0 Å². The standard InChI is InChI=1S/C25H29N5O/c1-5-12-22-26-18(3)23-25(29(4)17-19-13-8-7-9-14-19)27-24(28-30(22)23)20-15-10-11-16-21(20)31-6-2/h7-11,13-16H,5-6,12,17H2,1-4H3. The summed E-state index contributed by atoms with van der Waals surface area (Å²) < 4.78 is 7.84. The molecule has 2 heterocycles. The normalized spacial score (nSPS) is 11.1. The van der Waals surface area contributed by atoms with Gasteiger partial charge in [-0.3, -0.25) is 0 Å². The Morgan fingerprint density at radius 3 is 2.45 bits per heavy atom. The predicted octanol–water partition coefficient (Wildman–Crippen LogP) is 5.09. The van der Waals surface area contributed by atoms with Crippen LogP contribution in [0.3, 0.4) is 0 Å². The Kier molecular flexibility index (Phi) is 6.16. The summed E-state index contributed by atoms with van der Waals surface area (Å²) in [6.07, 6.45) is 1.86. The molecule has 0 saturated carbocycles. The minimum Gasteiger partial charge on any atom is -0.493 e. The van der Waals surface area contributed by atoms with E-state index in [1.807, 2.05) is 48.7 Å². The Bertz CT molecular complexity index is 1170. The average Bonchev–Trinajstić information content (AvgIpc) is 3.10. The van der Waals surface area contributed by atoms with Crippen LogP contribution in [0.1, 0.15) is 37.4 Å². The molecule has 0 saturated heterocycles. The van der Waals surface area contributed by atoms with Gasteiger partial charge in [-0.25, -0.2) is 14.5 Å². The highest BCUT2D eigenvalue weighted by Crippen LogP contribution is 2.31. The minimum absolute atomic E-state index is 0.589. The van der Waals surface area contributed by atoms with Crippen LogP contribution in [0.5, 0.6) is 5.75 Å². The van der Waals surface area contributed by atoms with Crippen molar-refractivity contribution in [1.82, 2.24) is 19.6 Å². The number of imidazole rings is 1. The maximum atomic E-state index is 5.86. The van der Waals surface area contributed by atoms with E-state index in [1.54, 1.807) is 0 Å². The zero-order valence-corrected chi connectivity index (χ0v) is 18.7. The van der Waals surface area contributed by atoms with Crippen molar-refractivity contribution < 1.29 is 4.74 Å². The fourth-order valence-corrected chi connectivity index (χ4v) is 3.84. The summed E-state index contributed by atoms with van der Waals surface area (Å²) in [5, 5.41) is 4.91. The van der Waals surface area contributed by atoms with E-state index in [9.17, 15) is 0 Å². The number of para-hydroxylation sites is 1. The second-order valence-corrected chi connectivity index (χ2v) is 7.65. The van der Waals surface area contributed by atoms with Gasteiger partial charge in [0.05, 0.1) is 17.9 Å². The number of benzene rings is 2. The van der Waals surface area contributed by atoms with Crippen LogP contribution in [0.25, 0.3) is 16.9 Å². The monoisotopic (exact) mass is 415 g/mol. The van der Waals surface area contributed by atoms with Crippen LogP contribution in [-0.4, -0.2) is 33.2 Å². The van der Waals surface area contributed by atoms with Crippen LogP contribution in [-0.2, 0) is 13.0 Å². The van der Waals surface area contributed by atoms with E-state index < -0.39 is 0 Å². The number of hydrogen-bond acceptors (Lipinski definition) is 5. The molecule has 0 bridgehead atoms. The first kappa shape index (κ1) is 20.8. The molecular weight excluding hydrogens is 386 g/mol. The summed E-state index contributed by atoms with van der Waals surface area (Å²) >= 11 is 0. The highest BCUT2D eigenvalue weighted by Gasteiger charge is 2.21. The van der Waals surface area contributed by atoms with Gasteiger partial charge >= 0.3 is 0 Å². The smallest absolute Gasteiger partial charge is 0.185 e. The Morgan fingerprint density at radius 2 is 1.71 bits per heavy atom. The molecule has 31 heavy (non-hydrogen) atoms. The summed E-state index contributed by atoms with van der Waals surface area (Å²) in [5.74, 6) is 3.26. The number of hydrogen-bond donors (Lipinski definition) is 0. The number of nitrogens with zero attached hydrogens (tertiary/aromatic N) is 5. The van der Waals surface area contributed by atoms with Crippen molar-refractivity contribution in [3.8, 4) is 17.1 Å². The van der Waals surface area contributed by atoms with Crippen molar-refractivity contribution in [3.05, 3.63) is 71.7 Å². The van der Waals surface area contributed by atoms with Gasteiger partial charge in [-0.15, -0.1) is 5.10 Å². The SMILES string of the molecule is CCCc1nc(C)c2c(N(C)Cc3ccccc3)nc(-c3ccccc3OCC)nn12. The van der Waals surface area contributed by atoms with Gasteiger partial charge in [0.15, 0.2) is 11.6 Å². The minimum atomic E-state index is 0.589. The predicted molar refractivity (Wildman–Crippen MR) is 125 cm³/mol. The van der Waals surface area contributed by atoms with E-state index >= 15 is 0 Å². The van der Waals surface area contributed by atoms with Crippen molar-refractivity contribution in [2.75, 3.05) is 18.6 Å². The molecule has 4 aromatic rings. The number of rotatable bonds is 8. The van der Waals surface area contributed by atoms with Crippen LogP contribution in [0.4, 0.5) is 5.82 Å². The topological polar surface area (TPSA) is 55.5 Å². The van der Waals surface area contributed by atoms with Crippen LogP contribution < -0.4 is 9.64 Å². The highest BCUT2D eigenvalue weighted by atomic mass is 16.5. The molecule has 4 rings (SSSR count). The molecule has 0 aliphatic carbocycles. The summed E-state index contributed by atoms with van der Waals surface area (Å²) in [6, 6.07) is 18.4. The molecule has 2 aromatic heterocycles. The lowest BCUT2D eigenvalue weighted by Crippen LogP contribution is -2.20. The second kappa shape index (κ2) is 9.16. The third-order valence-corrected chi connectivity index (χ3v) is 5.24. The van der Waals surface area contributed by atoms with E-state index in [1.165, 1.54) is 5.56 Å². The first-order valence-corrected chi connectivity index (χ1v) is 10.9. The molecule has 0 radical (unpaired) electrons. The van der Waals surface area contributed by atoms with Crippen LogP contribution >= 0.6 is 0 Å². The fraction of sp³-hybridized carbons (Fsp3) is 0.320. The third kappa shape index (κ3) is 4.24. The fourth-order valence-electron chi connectivity index (χ4n) is 3.84. The van der Waals surface area contributed by atoms with Gasteiger partial charge in [0.25, 0.3) is 0 Å². The van der Waals surface area contributed by atoms with Crippen molar-refractivity contribution in [1.29, 1.82) is 0 Å². The van der Waals surface area contributed by atoms with Crippen LogP contribution in [0, 0.1) is 6.92 Å². The molecule has 0 fully saturated rings. The Labute approximate surface area is 183 Å². The van der Waals surface area contributed by atoms with Gasteiger partial charge in [0.1, 0.15) is 17.1 Å². The van der Waals surface area contributed by atoms with Gasteiger partial charge in [0.2, 0.25) is 0 Å². The van der Waals surface area contributed by atoms with Gasteiger partial charge in [0, 0.05) is 20.0 Å². The first-order chi connectivity index (χ1) is 15.1. The molecule has 0 amide bonds.